The molecule has 1 unspecified atom stereocenters. The number of ether oxygens (including phenoxy) is 1. The highest BCUT2D eigenvalue weighted by Gasteiger charge is 2.22. The first kappa shape index (κ1) is 17.1. The molecule has 1 atom stereocenters. The largest absolute Gasteiger partial charge is 0.383 e. The molecule has 1 rings (SSSR count). The van der Waals surface area contributed by atoms with Gasteiger partial charge in [0, 0.05) is 13.2 Å². The predicted octanol–water partition coefficient (Wildman–Crippen LogP) is 2.09. The molecule has 114 valence electrons. The fourth-order valence-electron chi connectivity index (χ4n) is 2.11. The van der Waals surface area contributed by atoms with Crippen LogP contribution in [0.2, 0.25) is 0 Å². The van der Waals surface area contributed by atoms with Crippen molar-refractivity contribution in [1.82, 2.24) is 5.32 Å². The lowest BCUT2D eigenvalue weighted by atomic mass is 10.2. The van der Waals surface area contributed by atoms with Gasteiger partial charge in [-0.25, -0.2) is 8.42 Å². The quantitative estimate of drug-likeness (QED) is 0.798. The highest BCUT2D eigenvalue weighted by Crippen LogP contribution is 2.19. The summed E-state index contributed by atoms with van der Waals surface area (Å²) in [6.45, 7) is 6.97. The van der Waals surface area contributed by atoms with E-state index in [9.17, 15) is 8.42 Å². The Kier molecular flexibility index (Phi) is 6.65. The number of sulfone groups is 1. The SMILES string of the molecule is CCCNC(COC)CS(=O)(=O)c1cc(C)ccc1C. The van der Waals surface area contributed by atoms with Crippen molar-refractivity contribution in [2.75, 3.05) is 26.0 Å². The van der Waals surface area contributed by atoms with Crippen LogP contribution in [0.1, 0.15) is 24.5 Å². The molecule has 4 nitrogen and oxygen atoms in total. The number of benzene rings is 1. The summed E-state index contributed by atoms with van der Waals surface area (Å²) in [6, 6.07) is 5.35. The van der Waals surface area contributed by atoms with Crippen molar-refractivity contribution in [3.05, 3.63) is 29.3 Å². The second-order valence-electron chi connectivity index (χ2n) is 5.16. The molecule has 0 amide bonds. The molecule has 0 aromatic heterocycles. The first-order valence-electron chi connectivity index (χ1n) is 6.93. The van der Waals surface area contributed by atoms with Crippen molar-refractivity contribution in [1.29, 1.82) is 0 Å². The zero-order valence-corrected chi connectivity index (χ0v) is 13.6. The lowest BCUT2D eigenvalue weighted by Crippen LogP contribution is -2.39. The van der Waals surface area contributed by atoms with E-state index < -0.39 is 9.84 Å². The fourth-order valence-corrected chi connectivity index (χ4v) is 3.96. The van der Waals surface area contributed by atoms with Crippen LogP contribution < -0.4 is 5.32 Å². The summed E-state index contributed by atoms with van der Waals surface area (Å²) in [5.74, 6) is 0.0606. The van der Waals surface area contributed by atoms with Gasteiger partial charge in [-0.1, -0.05) is 19.1 Å². The molecule has 0 bridgehead atoms. The van der Waals surface area contributed by atoms with Gasteiger partial charge >= 0.3 is 0 Å². The van der Waals surface area contributed by atoms with Crippen LogP contribution in [-0.2, 0) is 14.6 Å². The van der Waals surface area contributed by atoms with Crippen molar-refractivity contribution in [3.8, 4) is 0 Å². The topological polar surface area (TPSA) is 55.4 Å². The molecule has 0 aliphatic rings. The molecule has 20 heavy (non-hydrogen) atoms. The lowest BCUT2D eigenvalue weighted by molar-refractivity contribution is 0.173. The number of hydrogen-bond donors (Lipinski definition) is 1. The van der Waals surface area contributed by atoms with Gasteiger partial charge in [0.25, 0.3) is 0 Å². The maximum atomic E-state index is 12.6. The Morgan fingerprint density at radius 3 is 2.60 bits per heavy atom. The Hall–Kier alpha value is -0.910. The van der Waals surface area contributed by atoms with Gasteiger partial charge in [0.05, 0.1) is 17.3 Å². The van der Waals surface area contributed by atoms with E-state index in [0.717, 1.165) is 24.1 Å². The Morgan fingerprint density at radius 1 is 1.30 bits per heavy atom. The summed E-state index contributed by atoms with van der Waals surface area (Å²) in [6.07, 6.45) is 0.962. The third-order valence-electron chi connectivity index (χ3n) is 3.15. The van der Waals surface area contributed by atoms with Crippen LogP contribution in [0.4, 0.5) is 0 Å². The number of hydrogen-bond acceptors (Lipinski definition) is 4. The van der Waals surface area contributed by atoms with Crippen molar-refractivity contribution < 1.29 is 13.2 Å². The highest BCUT2D eigenvalue weighted by atomic mass is 32.2. The summed E-state index contributed by atoms with van der Waals surface area (Å²) in [5.41, 5.74) is 1.75. The minimum Gasteiger partial charge on any atom is -0.383 e. The summed E-state index contributed by atoms with van der Waals surface area (Å²) in [7, 11) is -1.72. The molecule has 1 aromatic rings. The minimum absolute atomic E-state index is 0.0606. The maximum Gasteiger partial charge on any atom is 0.180 e. The second-order valence-corrected chi connectivity index (χ2v) is 7.16. The van der Waals surface area contributed by atoms with Crippen LogP contribution in [0.3, 0.4) is 0 Å². The van der Waals surface area contributed by atoms with Crippen LogP contribution >= 0.6 is 0 Å². The normalized spacial score (nSPS) is 13.4. The van der Waals surface area contributed by atoms with Crippen LogP contribution in [0, 0.1) is 13.8 Å². The van der Waals surface area contributed by atoms with E-state index in [0.29, 0.717) is 11.5 Å². The predicted molar refractivity (Wildman–Crippen MR) is 81.9 cm³/mol. The minimum atomic E-state index is -3.31. The molecular weight excluding hydrogens is 274 g/mol. The Labute approximate surface area is 122 Å². The Morgan fingerprint density at radius 2 is 2.00 bits per heavy atom. The van der Waals surface area contributed by atoms with Gasteiger partial charge in [0.1, 0.15) is 0 Å². The van der Waals surface area contributed by atoms with Gasteiger partial charge in [-0.2, -0.15) is 0 Å². The number of rotatable bonds is 8. The van der Waals surface area contributed by atoms with Crippen LogP contribution in [0.15, 0.2) is 23.1 Å². The Balaban J connectivity index is 2.93. The first-order chi connectivity index (χ1) is 9.40. The summed E-state index contributed by atoms with van der Waals surface area (Å²) in [4.78, 5) is 0.428. The summed E-state index contributed by atoms with van der Waals surface area (Å²) < 4.78 is 30.2. The van der Waals surface area contributed by atoms with Crippen LogP contribution in [-0.4, -0.2) is 40.5 Å². The average Bonchev–Trinajstić information content (AvgIpc) is 2.38. The molecular formula is C15H25NO3S. The van der Waals surface area contributed by atoms with Crippen molar-refractivity contribution in [3.63, 3.8) is 0 Å². The monoisotopic (exact) mass is 299 g/mol. The molecule has 1 aromatic carbocycles. The fraction of sp³-hybridized carbons (Fsp3) is 0.600. The summed E-state index contributed by atoms with van der Waals surface area (Å²) in [5, 5.41) is 3.23. The molecule has 0 radical (unpaired) electrons. The molecule has 0 aliphatic carbocycles. The standard InChI is InChI=1S/C15H25NO3S/c1-5-8-16-14(10-19-4)11-20(17,18)15-9-12(2)6-7-13(15)3/h6-7,9,14,16H,5,8,10-11H2,1-4H3. The van der Waals surface area contributed by atoms with Gasteiger partial charge in [0.2, 0.25) is 0 Å². The lowest BCUT2D eigenvalue weighted by Gasteiger charge is -2.18. The van der Waals surface area contributed by atoms with Gasteiger partial charge in [-0.3, -0.25) is 0 Å². The van der Waals surface area contributed by atoms with E-state index in [1.807, 2.05) is 26.0 Å². The van der Waals surface area contributed by atoms with Gasteiger partial charge in [-0.05, 0) is 44.0 Å². The van der Waals surface area contributed by atoms with E-state index in [1.54, 1.807) is 13.2 Å². The third kappa shape index (κ3) is 4.89. The molecule has 0 aliphatic heterocycles. The number of nitrogens with one attached hydrogen (secondary N) is 1. The maximum absolute atomic E-state index is 12.6. The molecule has 0 saturated carbocycles. The number of aryl methyl sites for hydroxylation is 2. The number of methoxy groups -OCH3 is 1. The van der Waals surface area contributed by atoms with Crippen LogP contribution in [0.25, 0.3) is 0 Å². The van der Waals surface area contributed by atoms with Gasteiger partial charge in [0.15, 0.2) is 9.84 Å². The second kappa shape index (κ2) is 7.76. The van der Waals surface area contributed by atoms with Crippen molar-refractivity contribution in [2.45, 2.75) is 38.1 Å². The van der Waals surface area contributed by atoms with E-state index in [4.69, 9.17) is 4.74 Å². The Bertz CT molecular complexity index is 526. The molecule has 0 spiro atoms. The molecule has 5 heteroatoms. The average molecular weight is 299 g/mol. The van der Waals surface area contributed by atoms with Crippen molar-refractivity contribution >= 4 is 9.84 Å². The summed E-state index contributed by atoms with van der Waals surface area (Å²) >= 11 is 0. The van der Waals surface area contributed by atoms with E-state index in [1.165, 1.54) is 0 Å². The van der Waals surface area contributed by atoms with Gasteiger partial charge in [-0.15, -0.1) is 0 Å². The molecule has 0 heterocycles. The van der Waals surface area contributed by atoms with E-state index in [2.05, 4.69) is 12.2 Å². The zero-order chi connectivity index (χ0) is 15.2. The van der Waals surface area contributed by atoms with Gasteiger partial charge < -0.3 is 10.1 Å². The molecule has 1 N–H and O–H groups in total. The zero-order valence-electron chi connectivity index (χ0n) is 12.8. The third-order valence-corrected chi connectivity index (χ3v) is 5.10. The highest BCUT2D eigenvalue weighted by molar-refractivity contribution is 7.91. The first-order valence-corrected chi connectivity index (χ1v) is 8.58. The molecule has 0 fully saturated rings. The molecule has 0 saturated heterocycles. The van der Waals surface area contributed by atoms with Crippen LogP contribution in [0.5, 0.6) is 0 Å². The smallest absolute Gasteiger partial charge is 0.180 e. The van der Waals surface area contributed by atoms with E-state index >= 15 is 0 Å². The van der Waals surface area contributed by atoms with E-state index in [-0.39, 0.29) is 11.8 Å². The van der Waals surface area contributed by atoms with Crippen molar-refractivity contribution in [2.24, 2.45) is 0 Å².